The number of para-hydroxylation sites is 1. The lowest BCUT2D eigenvalue weighted by Crippen LogP contribution is -2.56. The Labute approximate surface area is 211 Å². The fraction of sp³-hybridized carbons (Fsp3) is 0.440. The highest BCUT2D eigenvalue weighted by atomic mass is 35.5. The van der Waals surface area contributed by atoms with Crippen molar-refractivity contribution < 1.29 is 18.0 Å². The average Bonchev–Trinajstić information content (AvgIpc) is 2.78. The van der Waals surface area contributed by atoms with E-state index in [0.29, 0.717) is 56.2 Å². The van der Waals surface area contributed by atoms with Gasteiger partial charge in [0.25, 0.3) is 0 Å². The number of carbonyl (C=O) groups is 2. The van der Waals surface area contributed by atoms with Gasteiger partial charge in [-0.3, -0.25) is 9.52 Å². The van der Waals surface area contributed by atoms with Crippen LogP contribution in [0.4, 0.5) is 10.5 Å². The lowest BCUT2D eigenvalue weighted by molar-refractivity contribution is -0.134. The highest BCUT2D eigenvalue weighted by Gasteiger charge is 2.32. The zero-order valence-electron chi connectivity index (χ0n) is 19.7. The summed E-state index contributed by atoms with van der Waals surface area (Å²) >= 11 is 6.01. The molecule has 35 heavy (non-hydrogen) atoms. The molecule has 2 aliphatic rings. The molecule has 2 heterocycles. The van der Waals surface area contributed by atoms with Crippen LogP contribution in [0.3, 0.4) is 0 Å². The lowest BCUT2D eigenvalue weighted by Gasteiger charge is -2.37. The predicted octanol–water partition coefficient (Wildman–Crippen LogP) is 3.44. The molecule has 3 amide bonds. The molecule has 188 valence electrons. The van der Waals surface area contributed by atoms with E-state index in [0.717, 1.165) is 23.8 Å². The molecule has 0 bridgehead atoms. The van der Waals surface area contributed by atoms with Crippen LogP contribution >= 0.6 is 11.6 Å². The van der Waals surface area contributed by atoms with Gasteiger partial charge in [0.1, 0.15) is 6.04 Å². The third-order valence-electron chi connectivity index (χ3n) is 6.59. The van der Waals surface area contributed by atoms with Crippen LogP contribution in [0.5, 0.6) is 0 Å². The first-order chi connectivity index (χ1) is 16.7. The lowest BCUT2D eigenvalue weighted by atomic mass is 9.88. The fourth-order valence-electron chi connectivity index (χ4n) is 4.59. The smallest absolute Gasteiger partial charge is 0.318 e. The Kier molecular flexibility index (Phi) is 7.86. The summed E-state index contributed by atoms with van der Waals surface area (Å²) in [7, 11) is -3.39. The van der Waals surface area contributed by atoms with Crippen molar-refractivity contribution in [3.05, 3.63) is 64.7 Å². The van der Waals surface area contributed by atoms with Gasteiger partial charge in [0.2, 0.25) is 15.9 Å². The second-order valence-electron chi connectivity index (χ2n) is 9.23. The molecule has 0 spiro atoms. The maximum Gasteiger partial charge on any atom is 0.318 e. The molecule has 2 aromatic rings. The standard InChI is InChI=1S/C25H31ClN4O4S/c1-35(33,34)28-22-6-3-2-5-21(22)19-11-15-29(16-12-19)24(31)23(27-25(32)30-13-4-14-30)17-18-7-9-20(26)10-8-18/h2-3,5-10,19,23,28H,4,11-17H2,1H3,(H,27,32)/t23-/m1/s1. The van der Waals surface area contributed by atoms with E-state index in [1.165, 1.54) is 0 Å². The SMILES string of the molecule is CS(=O)(=O)Nc1ccccc1C1CCN(C(=O)[C@@H](Cc2ccc(Cl)cc2)NC(=O)N2CCC2)CC1. The van der Waals surface area contributed by atoms with Gasteiger partial charge in [-0.15, -0.1) is 0 Å². The number of amides is 3. The van der Waals surface area contributed by atoms with Gasteiger partial charge in [-0.1, -0.05) is 41.9 Å². The van der Waals surface area contributed by atoms with Crippen molar-refractivity contribution in [3.63, 3.8) is 0 Å². The Morgan fingerprint density at radius 2 is 1.66 bits per heavy atom. The molecular weight excluding hydrogens is 488 g/mol. The second kappa shape index (κ2) is 10.9. The Morgan fingerprint density at radius 1 is 1.00 bits per heavy atom. The Balaban J connectivity index is 1.44. The summed E-state index contributed by atoms with van der Waals surface area (Å²) in [6, 6.07) is 13.8. The first-order valence-electron chi connectivity index (χ1n) is 11.8. The number of anilines is 1. The molecule has 10 heteroatoms. The number of piperidine rings is 1. The van der Waals surface area contributed by atoms with Crippen molar-refractivity contribution in [1.82, 2.24) is 15.1 Å². The molecular formula is C25H31ClN4O4S. The monoisotopic (exact) mass is 518 g/mol. The Bertz CT molecular complexity index is 1160. The zero-order chi connectivity index (χ0) is 25.0. The maximum atomic E-state index is 13.5. The Morgan fingerprint density at radius 3 is 2.26 bits per heavy atom. The molecule has 0 aliphatic carbocycles. The molecule has 4 rings (SSSR count). The van der Waals surface area contributed by atoms with Gasteiger partial charge in [-0.05, 0) is 54.5 Å². The third-order valence-corrected chi connectivity index (χ3v) is 7.44. The van der Waals surface area contributed by atoms with E-state index in [-0.39, 0.29) is 17.9 Å². The van der Waals surface area contributed by atoms with Gasteiger partial charge >= 0.3 is 6.03 Å². The van der Waals surface area contributed by atoms with Gasteiger partial charge in [0.15, 0.2) is 0 Å². The summed E-state index contributed by atoms with van der Waals surface area (Å²) in [4.78, 5) is 29.6. The minimum absolute atomic E-state index is 0.102. The van der Waals surface area contributed by atoms with Crippen molar-refractivity contribution in [2.45, 2.75) is 37.6 Å². The van der Waals surface area contributed by atoms with E-state index in [9.17, 15) is 18.0 Å². The van der Waals surface area contributed by atoms with Crippen molar-refractivity contribution in [3.8, 4) is 0 Å². The first kappa shape index (κ1) is 25.3. The maximum absolute atomic E-state index is 13.5. The number of urea groups is 1. The van der Waals surface area contributed by atoms with Crippen LogP contribution in [0.15, 0.2) is 48.5 Å². The number of nitrogens with zero attached hydrogens (tertiary/aromatic N) is 2. The zero-order valence-corrected chi connectivity index (χ0v) is 21.3. The summed E-state index contributed by atoms with van der Waals surface area (Å²) in [6.45, 7) is 2.49. The summed E-state index contributed by atoms with van der Waals surface area (Å²) < 4.78 is 26.2. The summed E-state index contributed by atoms with van der Waals surface area (Å²) in [5, 5.41) is 3.56. The van der Waals surface area contributed by atoms with Crippen LogP contribution < -0.4 is 10.0 Å². The summed E-state index contributed by atoms with van der Waals surface area (Å²) in [6.07, 6.45) is 3.92. The van der Waals surface area contributed by atoms with Crippen molar-refractivity contribution in [2.24, 2.45) is 0 Å². The van der Waals surface area contributed by atoms with Crippen LogP contribution in [0, 0.1) is 0 Å². The van der Waals surface area contributed by atoms with Crippen molar-refractivity contribution >= 4 is 39.2 Å². The highest BCUT2D eigenvalue weighted by Crippen LogP contribution is 2.33. The number of halogens is 1. The number of hydrogen-bond donors (Lipinski definition) is 2. The van der Waals surface area contributed by atoms with E-state index < -0.39 is 16.1 Å². The number of nitrogens with one attached hydrogen (secondary N) is 2. The largest absolute Gasteiger partial charge is 0.341 e. The first-order valence-corrected chi connectivity index (χ1v) is 14.1. The van der Waals surface area contributed by atoms with Crippen LogP contribution in [0.2, 0.25) is 5.02 Å². The minimum atomic E-state index is -3.39. The molecule has 1 atom stereocenters. The average molecular weight is 519 g/mol. The second-order valence-corrected chi connectivity index (χ2v) is 11.4. The number of sulfonamides is 1. The number of hydrogen-bond acceptors (Lipinski definition) is 4. The minimum Gasteiger partial charge on any atom is -0.341 e. The molecule has 2 fully saturated rings. The highest BCUT2D eigenvalue weighted by molar-refractivity contribution is 7.92. The van der Waals surface area contributed by atoms with Gasteiger partial charge < -0.3 is 15.1 Å². The van der Waals surface area contributed by atoms with Crippen LogP contribution in [-0.2, 0) is 21.2 Å². The number of likely N-dealkylation sites (tertiary alicyclic amines) is 2. The molecule has 2 N–H and O–H groups in total. The topological polar surface area (TPSA) is 98.8 Å². The summed E-state index contributed by atoms with van der Waals surface area (Å²) in [5.74, 6) is 0.0321. The van der Waals surface area contributed by atoms with E-state index in [4.69, 9.17) is 11.6 Å². The van der Waals surface area contributed by atoms with E-state index in [1.54, 1.807) is 34.1 Å². The quantitative estimate of drug-likeness (QED) is 0.586. The molecule has 0 unspecified atom stereocenters. The van der Waals surface area contributed by atoms with Gasteiger partial charge in [-0.25, -0.2) is 13.2 Å². The predicted molar refractivity (Wildman–Crippen MR) is 137 cm³/mol. The molecule has 0 saturated carbocycles. The number of carbonyl (C=O) groups excluding carboxylic acids is 2. The van der Waals surface area contributed by atoms with Gasteiger partial charge in [-0.2, -0.15) is 0 Å². The van der Waals surface area contributed by atoms with Crippen LogP contribution in [0.25, 0.3) is 0 Å². The number of benzene rings is 2. The van der Waals surface area contributed by atoms with Crippen molar-refractivity contribution in [2.75, 3.05) is 37.2 Å². The van der Waals surface area contributed by atoms with E-state index >= 15 is 0 Å². The van der Waals surface area contributed by atoms with Crippen molar-refractivity contribution in [1.29, 1.82) is 0 Å². The molecule has 2 aliphatic heterocycles. The molecule has 0 radical (unpaired) electrons. The van der Waals surface area contributed by atoms with E-state index in [1.807, 2.05) is 24.3 Å². The van der Waals surface area contributed by atoms with Crippen LogP contribution in [-0.4, -0.2) is 68.6 Å². The fourth-order valence-corrected chi connectivity index (χ4v) is 5.30. The normalized spacial score (nSPS) is 17.4. The van der Waals surface area contributed by atoms with Gasteiger partial charge in [0.05, 0.1) is 11.9 Å². The Hall–Kier alpha value is -2.78. The van der Waals surface area contributed by atoms with E-state index in [2.05, 4.69) is 10.0 Å². The van der Waals surface area contributed by atoms with Crippen LogP contribution in [0.1, 0.15) is 36.3 Å². The molecule has 0 aromatic heterocycles. The third kappa shape index (κ3) is 6.67. The molecule has 2 aromatic carbocycles. The van der Waals surface area contributed by atoms with Gasteiger partial charge in [0, 0.05) is 37.6 Å². The summed E-state index contributed by atoms with van der Waals surface area (Å²) in [5.41, 5.74) is 2.45. The molecule has 8 nitrogen and oxygen atoms in total. The molecule has 2 saturated heterocycles. The number of rotatable bonds is 7.